The fraction of sp³-hybridized carbons (Fsp3) is 0.267. The Morgan fingerprint density at radius 2 is 2.22 bits per heavy atom. The summed E-state index contributed by atoms with van der Waals surface area (Å²) < 4.78 is 1.50. The van der Waals surface area contributed by atoms with Crippen LogP contribution in [0, 0.1) is 0 Å². The number of thioether (sulfide) groups is 1. The van der Waals surface area contributed by atoms with Gasteiger partial charge in [-0.25, -0.2) is 4.98 Å². The zero-order valence-electron chi connectivity index (χ0n) is 12.6. The molecule has 120 valence electrons. The summed E-state index contributed by atoms with van der Waals surface area (Å²) in [6, 6.07) is 5.73. The van der Waals surface area contributed by atoms with E-state index >= 15 is 0 Å². The quantitative estimate of drug-likeness (QED) is 0.558. The summed E-state index contributed by atoms with van der Waals surface area (Å²) in [5.74, 6) is 0.156. The molecule has 0 spiro atoms. The van der Waals surface area contributed by atoms with E-state index < -0.39 is 0 Å². The number of nitrogens with zero attached hydrogens (tertiary/aromatic N) is 2. The van der Waals surface area contributed by atoms with Crippen molar-refractivity contribution in [1.29, 1.82) is 0 Å². The van der Waals surface area contributed by atoms with Crippen molar-refractivity contribution in [3.05, 3.63) is 44.2 Å². The molecule has 0 aliphatic heterocycles. The van der Waals surface area contributed by atoms with Gasteiger partial charge in [0, 0.05) is 11.9 Å². The normalized spacial score (nSPS) is 12.4. The summed E-state index contributed by atoms with van der Waals surface area (Å²) in [6.07, 6.45) is 0. The zero-order chi connectivity index (χ0) is 16.4. The third-order valence-corrected chi connectivity index (χ3v) is 6.24. The molecule has 1 atom stereocenters. The number of aromatic nitrogens is 2. The summed E-state index contributed by atoms with van der Waals surface area (Å²) in [5, 5.41) is 7.98. The molecular weight excluding hydrogens is 350 g/mol. The second-order valence-electron chi connectivity index (χ2n) is 4.99. The van der Waals surface area contributed by atoms with E-state index in [-0.39, 0.29) is 23.3 Å². The number of nitrogens with one attached hydrogen (secondary N) is 1. The van der Waals surface area contributed by atoms with Crippen LogP contribution in [0.3, 0.4) is 0 Å². The van der Waals surface area contributed by atoms with Crippen LogP contribution in [0.4, 0.5) is 0 Å². The van der Waals surface area contributed by atoms with Crippen molar-refractivity contribution in [2.75, 3.05) is 5.75 Å². The molecule has 0 saturated carbocycles. The predicted molar refractivity (Wildman–Crippen MR) is 96.5 cm³/mol. The van der Waals surface area contributed by atoms with Gasteiger partial charge in [0.2, 0.25) is 5.91 Å². The van der Waals surface area contributed by atoms with Gasteiger partial charge in [-0.05, 0) is 29.8 Å². The SMILES string of the molecule is CC(NC(=O)CSc1nc2sccc2c(=O)n1C)c1cccs1. The monoisotopic (exact) mass is 365 g/mol. The minimum atomic E-state index is -0.0777. The van der Waals surface area contributed by atoms with Crippen molar-refractivity contribution in [2.24, 2.45) is 7.05 Å². The van der Waals surface area contributed by atoms with E-state index in [9.17, 15) is 9.59 Å². The van der Waals surface area contributed by atoms with Gasteiger partial charge in [0.25, 0.3) is 5.56 Å². The summed E-state index contributed by atoms with van der Waals surface area (Å²) in [5.41, 5.74) is -0.0777. The van der Waals surface area contributed by atoms with Gasteiger partial charge in [-0.3, -0.25) is 14.2 Å². The van der Waals surface area contributed by atoms with Crippen LogP contribution in [0.1, 0.15) is 17.8 Å². The highest BCUT2D eigenvalue weighted by atomic mass is 32.2. The number of rotatable bonds is 5. The maximum absolute atomic E-state index is 12.2. The van der Waals surface area contributed by atoms with E-state index in [4.69, 9.17) is 0 Å². The molecule has 1 unspecified atom stereocenters. The third kappa shape index (κ3) is 3.49. The molecule has 0 bridgehead atoms. The molecule has 5 nitrogen and oxygen atoms in total. The van der Waals surface area contributed by atoms with Gasteiger partial charge < -0.3 is 5.32 Å². The van der Waals surface area contributed by atoms with Gasteiger partial charge in [0.05, 0.1) is 17.2 Å². The van der Waals surface area contributed by atoms with Gasteiger partial charge in [0.1, 0.15) is 4.83 Å². The average molecular weight is 366 g/mol. The number of hydrogen-bond donors (Lipinski definition) is 1. The van der Waals surface area contributed by atoms with Crippen molar-refractivity contribution in [2.45, 2.75) is 18.1 Å². The molecule has 0 radical (unpaired) electrons. The smallest absolute Gasteiger partial charge is 0.262 e. The largest absolute Gasteiger partial charge is 0.348 e. The van der Waals surface area contributed by atoms with Crippen molar-refractivity contribution in [1.82, 2.24) is 14.9 Å². The van der Waals surface area contributed by atoms with E-state index in [0.717, 1.165) is 4.88 Å². The third-order valence-electron chi connectivity index (χ3n) is 3.34. The molecule has 1 N–H and O–H groups in total. The van der Waals surface area contributed by atoms with Crippen LogP contribution < -0.4 is 10.9 Å². The lowest BCUT2D eigenvalue weighted by molar-refractivity contribution is -0.119. The maximum atomic E-state index is 12.2. The van der Waals surface area contributed by atoms with Crippen molar-refractivity contribution in [3.63, 3.8) is 0 Å². The minimum absolute atomic E-state index is 0.0142. The first kappa shape index (κ1) is 16.2. The lowest BCUT2D eigenvalue weighted by Crippen LogP contribution is -2.28. The standard InChI is InChI=1S/C15H15N3O2S3/c1-9(11-4-3-6-21-11)16-12(19)8-23-15-17-13-10(5-7-22-13)14(20)18(15)2/h3-7,9H,8H2,1-2H3,(H,16,19). The molecule has 0 saturated heterocycles. The van der Waals surface area contributed by atoms with Crippen LogP contribution in [0.15, 0.2) is 38.9 Å². The highest BCUT2D eigenvalue weighted by Gasteiger charge is 2.14. The lowest BCUT2D eigenvalue weighted by atomic mass is 10.3. The highest BCUT2D eigenvalue weighted by Crippen LogP contribution is 2.21. The van der Waals surface area contributed by atoms with Crippen molar-refractivity contribution in [3.8, 4) is 0 Å². The average Bonchev–Trinajstić information content (AvgIpc) is 3.20. The van der Waals surface area contributed by atoms with Gasteiger partial charge in [-0.1, -0.05) is 17.8 Å². The fourth-order valence-electron chi connectivity index (χ4n) is 2.13. The van der Waals surface area contributed by atoms with Gasteiger partial charge >= 0.3 is 0 Å². The highest BCUT2D eigenvalue weighted by molar-refractivity contribution is 7.99. The van der Waals surface area contributed by atoms with E-state index in [0.29, 0.717) is 15.4 Å². The Kier molecular flexibility index (Phi) is 4.84. The van der Waals surface area contributed by atoms with Gasteiger partial charge in [-0.15, -0.1) is 22.7 Å². The number of hydrogen-bond acceptors (Lipinski definition) is 6. The Morgan fingerprint density at radius 3 is 2.96 bits per heavy atom. The first-order valence-corrected chi connectivity index (χ1v) is 9.70. The molecule has 0 aliphatic rings. The van der Waals surface area contributed by atoms with Gasteiger partial charge in [-0.2, -0.15) is 0 Å². The topological polar surface area (TPSA) is 64.0 Å². The first-order chi connectivity index (χ1) is 11.1. The summed E-state index contributed by atoms with van der Waals surface area (Å²) in [7, 11) is 1.68. The minimum Gasteiger partial charge on any atom is -0.348 e. The number of fused-ring (bicyclic) bond motifs is 1. The van der Waals surface area contributed by atoms with E-state index in [1.807, 2.05) is 29.8 Å². The van der Waals surface area contributed by atoms with Crippen molar-refractivity contribution >= 4 is 50.6 Å². The van der Waals surface area contributed by atoms with Gasteiger partial charge in [0.15, 0.2) is 5.16 Å². The predicted octanol–water partition coefficient (Wildman–Crippen LogP) is 3.03. The zero-order valence-corrected chi connectivity index (χ0v) is 15.1. The van der Waals surface area contributed by atoms with Crippen LogP contribution in [-0.4, -0.2) is 21.2 Å². The van der Waals surface area contributed by atoms with Crippen LogP contribution >= 0.6 is 34.4 Å². The molecule has 3 aromatic heterocycles. The molecule has 0 fully saturated rings. The van der Waals surface area contributed by atoms with Crippen LogP contribution in [0.2, 0.25) is 0 Å². The molecule has 23 heavy (non-hydrogen) atoms. The molecule has 1 amide bonds. The van der Waals surface area contributed by atoms with Crippen LogP contribution in [0.5, 0.6) is 0 Å². The summed E-state index contributed by atoms with van der Waals surface area (Å²) in [4.78, 5) is 30.6. The second-order valence-corrected chi connectivity index (χ2v) is 7.81. The van der Waals surface area contributed by atoms with E-state index in [2.05, 4.69) is 10.3 Å². The lowest BCUT2D eigenvalue weighted by Gasteiger charge is -2.12. The molecule has 8 heteroatoms. The van der Waals surface area contributed by atoms with Crippen LogP contribution in [-0.2, 0) is 11.8 Å². The molecule has 3 rings (SSSR count). The molecule has 3 aromatic rings. The second kappa shape index (κ2) is 6.86. The Labute approximate surface area is 145 Å². The Balaban J connectivity index is 1.67. The Hall–Kier alpha value is -1.64. The maximum Gasteiger partial charge on any atom is 0.262 e. The fourth-order valence-corrected chi connectivity index (χ4v) is 4.45. The molecule has 0 aliphatic carbocycles. The summed E-state index contributed by atoms with van der Waals surface area (Å²) >= 11 is 4.32. The molecule has 3 heterocycles. The number of carbonyl (C=O) groups is 1. The molecule has 0 aromatic carbocycles. The first-order valence-electron chi connectivity index (χ1n) is 6.96. The van der Waals surface area contributed by atoms with Crippen LogP contribution in [0.25, 0.3) is 10.2 Å². The van der Waals surface area contributed by atoms with Crippen molar-refractivity contribution < 1.29 is 4.79 Å². The van der Waals surface area contributed by atoms with E-state index in [1.54, 1.807) is 24.5 Å². The molecular formula is C15H15N3O2S3. The number of amides is 1. The Bertz CT molecular complexity index is 883. The number of thiophene rings is 2. The summed E-state index contributed by atoms with van der Waals surface area (Å²) in [6.45, 7) is 1.96. The Morgan fingerprint density at radius 1 is 1.39 bits per heavy atom. The number of carbonyl (C=O) groups excluding carboxylic acids is 1. The van der Waals surface area contributed by atoms with E-state index in [1.165, 1.54) is 27.7 Å².